The van der Waals surface area contributed by atoms with Gasteiger partial charge in [-0.1, -0.05) is 38.1 Å². The lowest BCUT2D eigenvalue weighted by molar-refractivity contribution is 0.0766. The predicted molar refractivity (Wildman–Crippen MR) is 123 cm³/mol. The molecule has 0 unspecified atom stereocenters. The topological polar surface area (TPSA) is 59.3 Å². The number of piperazine rings is 1. The van der Waals surface area contributed by atoms with Gasteiger partial charge in [-0.2, -0.15) is 0 Å². The van der Waals surface area contributed by atoms with Crippen LogP contribution in [0.3, 0.4) is 0 Å². The second-order valence-corrected chi connectivity index (χ2v) is 9.58. The number of rotatable bonds is 9. The first-order valence-corrected chi connectivity index (χ1v) is 11.9. The van der Waals surface area contributed by atoms with Gasteiger partial charge >= 0.3 is 0 Å². The average Bonchev–Trinajstić information content (AvgIpc) is 3.46. The first-order valence-electron chi connectivity index (χ1n) is 11.0. The van der Waals surface area contributed by atoms with Crippen molar-refractivity contribution < 1.29 is 4.74 Å². The molecule has 31 heavy (non-hydrogen) atoms. The quantitative estimate of drug-likeness (QED) is 0.506. The lowest BCUT2D eigenvalue weighted by atomic mass is 10.0. The summed E-state index contributed by atoms with van der Waals surface area (Å²) in [7, 11) is 1.74. The maximum absolute atomic E-state index is 5.53. The van der Waals surface area contributed by atoms with Gasteiger partial charge in [0.25, 0.3) is 0 Å². The zero-order valence-corrected chi connectivity index (χ0v) is 19.5. The summed E-state index contributed by atoms with van der Waals surface area (Å²) in [5.41, 5.74) is 1.25. The Hall–Kier alpha value is -2.29. The summed E-state index contributed by atoms with van der Waals surface area (Å²) in [4.78, 5) is 6.35. The van der Waals surface area contributed by atoms with E-state index in [-0.39, 0.29) is 6.04 Å². The molecular formula is C23H32N6OS. The molecule has 0 saturated carbocycles. The Morgan fingerprint density at radius 3 is 2.55 bits per heavy atom. The highest BCUT2D eigenvalue weighted by Gasteiger charge is 2.30. The Morgan fingerprint density at radius 1 is 1.03 bits per heavy atom. The van der Waals surface area contributed by atoms with Crippen molar-refractivity contribution >= 4 is 11.3 Å². The Kier molecular flexibility index (Phi) is 7.32. The van der Waals surface area contributed by atoms with Crippen LogP contribution in [-0.2, 0) is 13.1 Å². The highest BCUT2D eigenvalue weighted by atomic mass is 32.1. The lowest BCUT2D eigenvalue weighted by Gasteiger charge is -2.39. The van der Waals surface area contributed by atoms with E-state index in [0.29, 0.717) is 5.92 Å². The van der Waals surface area contributed by atoms with Gasteiger partial charge in [-0.25, -0.2) is 4.68 Å². The van der Waals surface area contributed by atoms with Crippen molar-refractivity contribution in [1.82, 2.24) is 30.0 Å². The van der Waals surface area contributed by atoms with Crippen LogP contribution in [0.5, 0.6) is 5.75 Å². The van der Waals surface area contributed by atoms with E-state index in [9.17, 15) is 0 Å². The number of hydrogen-bond donors (Lipinski definition) is 0. The number of thiophene rings is 1. The predicted octanol–water partition coefficient (Wildman–Crippen LogP) is 3.70. The van der Waals surface area contributed by atoms with Crippen molar-refractivity contribution in [2.24, 2.45) is 5.92 Å². The number of para-hydroxylation sites is 1. The lowest BCUT2D eigenvalue weighted by Crippen LogP contribution is -2.48. The fraction of sp³-hybridized carbons (Fsp3) is 0.522. The molecule has 0 aliphatic carbocycles. The summed E-state index contributed by atoms with van der Waals surface area (Å²) in [5.74, 6) is 2.53. The summed E-state index contributed by atoms with van der Waals surface area (Å²) < 4.78 is 7.52. The zero-order valence-electron chi connectivity index (χ0n) is 18.6. The summed E-state index contributed by atoms with van der Waals surface area (Å²) in [6.07, 6.45) is 1.05. The molecule has 7 nitrogen and oxygen atoms in total. The molecule has 1 saturated heterocycles. The minimum Gasteiger partial charge on any atom is -0.496 e. The van der Waals surface area contributed by atoms with Gasteiger partial charge in [0.15, 0.2) is 5.82 Å². The van der Waals surface area contributed by atoms with Crippen LogP contribution in [0.1, 0.15) is 42.6 Å². The van der Waals surface area contributed by atoms with Crippen LogP contribution in [-0.4, -0.2) is 63.3 Å². The van der Waals surface area contributed by atoms with Crippen LogP contribution in [0.25, 0.3) is 0 Å². The number of methoxy groups -OCH3 is 1. The van der Waals surface area contributed by atoms with E-state index in [1.807, 2.05) is 16.8 Å². The third-order valence-electron chi connectivity index (χ3n) is 5.87. The molecule has 3 aromatic rings. The molecule has 1 aliphatic rings. The highest BCUT2D eigenvalue weighted by molar-refractivity contribution is 7.09. The minimum absolute atomic E-state index is 0.239. The molecule has 0 spiro atoms. The van der Waals surface area contributed by atoms with E-state index < -0.39 is 0 Å². The van der Waals surface area contributed by atoms with Crippen LogP contribution < -0.4 is 4.74 Å². The molecule has 2 aromatic heterocycles. The first-order chi connectivity index (χ1) is 15.1. The van der Waals surface area contributed by atoms with Crippen LogP contribution in [0.15, 0.2) is 41.8 Å². The molecule has 0 N–H and O–H groups in total. The molecule has 1 aliphatic heterocycles. The van der Waals surface area contributed by atoms with E-state index in [1.54, 1.807) is 18.4 Å². The maximum Gasteiger partial charge on any atom is 0.168 e. The molecule has 0 amide bonds. The van der Waals surface area contributed by atoms with Crippen molar-refractivity contribution in [3.63, 3.8) is 0 Å². The van der Waals surface area contributed by atoms with Crippen LogP contribution in [0.2, 0.25) is 0 Å². The van der Waals surface area contributed by atoms with E-state index in [4.69, 9.17) is 4.74 Å². The van der Waals surface area contributed by atoms with Gasteiger partial charge in [-0.3, -0.25) is 9.80 Å². The number of benzene rings is 1. The monoisotopic (exact) mass is 440 g/mol. The normalized spacial score (nSPS) is 16.6. The maximum atomic E-state index is 5.53. The molecule has 1 fully saturated rings. The molecule has 0 radical (unpaired) electrons. The average molecular weight is 441 g/mol. The van der Waals surface area contributed by atoms with Crippen molar-refractivity contribution in [1.29, 1.82) is 0 Å². The fourth-order valence-corrected chi connectivity index (χ4v) is 4.97. The van der Waals surface area contributed by atoms with Crippen LogP contribution >= 0.6 is 11.3 Å². The Labute approximate surface area is 188 Å². The van der Waals surface area contributed by atoms with E-state index in [0.717, 1.165) is 57.3 Å². The minimum atomic E-state index is 0.239. The molecule has 166 valence electrons. The van der Waals surface area contributed by atoms with Gasteiger partial charge in [-0.15, -0.1) is 16.4 Å². The van der Waals surface area contributed by atoms with Crippen LogP contribution in [0, 0.1) is 5.92 Å². The number of hydrogen-bond acceptors (Lipinski definition) is 7. The Morgan fingerprint density at radius 2 is 1.84 bits per heavy atom. The number of nitrogens with zero attached hydrogens (tertiary/aromatic N) is 6. The van der Waals surface area contributed by atoms with Gasteiger partial charge in [0.05, 0.1) is 19.7 Å². The third-order valence-corrected chi connectivity index (χ3v) is 6.73. The van der Waals surface area contributed by atoms with Crippen molar-refractivity contribution in [3.05, 3.63) is 58.0 Å². The molecule has 3 heterocycles. The third kappa shape index (κ3) is 5.50. The standard InChI is InChI=1S/C23H32N6OS/c1-18(2)15-21(23-24-25-26-29(23)17-20-8-6-14-31-20)28-12-10-27(11-13-28)16-19-7-4-5-9-22(19)30-3/h4-9,14,18,21H,10-13,15-17H2,1-3H3/t21-/m1/s1. The largest absolute Gasteiger partial charge is 0.496 e. The van der Waals surface area contributed by atoms with Crippen molar-refractivity contribution in [2.75, 3.05) is 33.3 Å². The smallest absolute Gasteiger partial charge is 0.168 e. The van der Waals surface area contributed by atoms with Crippen molar-refractivity contribution in [3.8, 4) is 5.75 Å². The zero-order chi connectivity index (χ0) is 21.6. The molecule has 1 atom stereocenters. The Balaban J connectivity index is 1.44. The first kappa shape index (κ1) is 21.9. The molecule has 0 bridgehead atoms. The summed E-state index contributed by atoms with van der Waals surface area (Å²) >= 11 is 1.75. The van der Waals surface area contributed by atoms with Crippen molar-refractivity contribution in [2.45, 2.75) is 39.4 Å². The summed E-state index contributed by atoms with van der Waals surface area (Å²) in [5, 5.41) is 14.9. The van der Waals surface area contributed by atoms with Gasteiger partial charge in [0.1, 0.15) is 5.75 Å². The summed E-state index contributed by atoms with van der Waals surface area (Å²) in [6, 6.07) is 12.8. The Bertz CT molecular complexity index is 933. The highest BCUT2D eigenvalue weighted by Crippen LogP contribution is 2.28. The fourth-order valence-electron chi connectivity index (χ4n) is 4.28. The van der Waals surface area contributed by atoms with E-state index in [1.165, 1.54) is 10.4 Å². The van der Waals surface area contributed by atoms with Gasteiger partial charge in [0, 0.05) is 43.2 Å². The summed E-state index contributed by atoms with van der Waals surface area (Å²) in [6.45, 7) is 10.3. The van der Waals surface area contributed by atoms with Gasteiger partial charge in [-0.05, 0) is 40.3 Å². The second-order valence-electron chi connectivity index (χ2n) is 8.54. The number of aromatic nitrogens is 4. The molecule has 4 rings (SSSR count). The SMILES string of the molecule is COc1ccccc1CN1CCN([C@H](CC(C)C)c2nnnn2Cc2cccs2)CC1. The molecule has 8 heteroatoms. The molecular weight excluding hydrogens is 408 g/mol. The van der Waals surface area contributed by atoms with Gasteiger partial charge in [0.2, 0.25) is 0 Å². The number of tetrazole rings is 1. The van der Waals surface area contributed by atoms with E-state index in [2.05, 4.69) is 68.8 Å². The molecule has 1 aromatic carbocycles. The number of ether oxygens (including phenoxy) is 1. The van der Waals surface area contributed by atoms with Gasteiger partial charge < -0.3 is 4.74 Å². The second kappa shape index (κ2) is 10.3. The van der Waals surface area contributed by atoms with E-state index >= 15 is 0 Å². The van der Waals surface area contributed by atoms with Crippen LogP contribution in [0.4, 0.5) is 0 Å².